The van der Waals surface area contributed by atoms with Crippen LogP contribution in [-0.4, -0.2) is 28.9 Å². The lowest BCUT2D eigenvalue weighted by molar-refractivity contribution is -0.385. The number of ketones is 1. The topological polar surface area (TPSA) is 107 Å². The van der Waals surface area contributed by atoms with Gasteiger partial charge < -0.3 is 9.84 Å². The maximum absolute atomic E-state index is 12.1. The number of aromatic carboxylic acids is 1. The van der Waals surface area contributed by atoms with E-state index in [0.717, 1.165) is 6.07 Å². The third kappa shape index (κ3) is 3.83. The molecule has 0 aliphatic carbocycles. The van der Waals surface area contributed by atoms with Crippen LogP contribution in [-0.2, 0) is 0 Å². The predicted octanol–water partition coefficient (Wildman–Crippen LogP) is 3.20. The second-order valence-corrected chi connectivity index (χ2v) is 4.77. The summed E-state index contributed by atoms with van der Waals surface area (Å²) in [4.78, 5) is 33.2. The SMILES string of the molecule is COc1ccc(C(=O)/C=C/c2ccc(C(=O)O)cc2)cc1[N+](=O)[O-]. The van der Waals surface area contributed by atoms with Crippen LogP contribution in [0.1, 0.15) is 26.3 Å². The Bertz CT molecular complexity index is 823. The fourth-order valence-corrected chi connectivity index (χ4v) is 1.99. The smallest absolute Gasteiger partial charge is 0.335 e. The van der Waals surface area contributed by atoms with Crippen molar-refractivity contribution in [3.8, 4) is 5.75 Å². The molecule has 2 aromatic rings. The number of hydrogen-bond donors (Lipinski definition) is 1. The number of rotatable bonds is 6. The van der Waals surface area contributed by atoms with E-state index in [1.54, 1.807) is 12.1 Å². The highest BCUT2D eigenvalue weighted by Gasteiger charge is 2.17. The summed E-state index contributed by atoms with van der Waals surface area (Å²) >= 11 is 0. The van der Waals surface area contributed by atoms with E-state index < -0.39 is 16.7 Å². The summed E-state index contributed by atoms with van der Waals surface area (Å²) < 4.78 is 4.88. The van der Waals surface area contributed by atoms with Crippen molar-refractivity contribution < 1.29 is 24.4 Å². The molecule has 2 rings (SSSR count). The van der Waals surface area contributed by atoms with Gasteiger partial charge in [0.05, 0.1) is 17.6 Å². The molecule has 0 bridgehead atoms. The average Bonchev–Trinajstić information content (AvgIpc) is 2.59. The Morgan fingerprint density at radius 3 is 2.29 bits per heavy atom. The molecule has 0 aromatic heterocycles. The van der Waals surface area contributed by atoms with Gasteiger partial charge in [-0.1, -0.05) is 18.2 Å². The minimum Gasteiger partial charge on any atom is -0.490 e. The van der Waals surface area contributed by atoms with Crippen LogP contribution >= 0.6 is 0 Å². The van der Waals surface area contributed by atoms with Crippen molar-refractivity contribution in [3.05, 3.63) is 75.3 Å². The van der Waals surface area contributed by atoms with Crippen molar-refractivity contribution in [2.24, 2.45) is 0 Å². The summed E-state index contributed by atoms with van der Waals surface area (Å²) in [6.07, 6.45) is 2.77. The molecular formula is C17H13NO6. The minimum atomic E-state index is -1.04. The van der Waals surface area contributed by atoms with Gasteiger partial charge in [0.25, 0.3) is 0 Å². The number of ether oxygens (including phenoxy) is 1. The third-order valence-corrected chi connectivity index (χ3v) is 3.24. The fraction of sp³-hybridized carbons (Fsp3) is 0.0588. The quantitative estimate of drug-likeness (QED) is 0.378. The number of nitro benzene ring substituents is 1. The summed E-state index contributed by atoms with van der Waals surface area (Å²) in [6, 6.07) is 9.91. The molecule has 0 amide bonds. The molecule has 0 saturated carbocycles. The van der Waals surface area contributed by atoms with E-state index in [4.69, 9.17) is 9.84 Å². The van der Waals surface area contributed by atoms with E-state index >= 15 is 0 Å². The fourth-order valence-electron chi connectivity index (χ4n) is 1.99. The van der Waals surface area contributed by atoms with Crippen LogP contribution < -0.4 is 4.74 Å². The molecule has 122 valence electrons. The summed E-state index contributed by atoms with van der Waals surface area (Å²) in [5.41, 5.74) is 0.643. The van der Waals surface area contributed by atoms with Crippen LogP contribution in [0, 0.1) is 10.1 Å². The highest BCUT2D eigenvalue weighted by Crippen LogP contribution is 2.27. The highest BCUT2D eigenvalue weighted by atomic mass is 16.6. The Morgan fingerprint density at radius 1 is 1.12 bits per heavy atom. The molecule has 7 nitrogen and oxygen atoms in total. The van der Waals surface area contributed by atoms with Gasteiger partial charge in [-0.25, -0.2) is 4.79 Å². The molecule has 0 fully saturated rings. The normalized spacial score (nSPS) is 10.5. The van der Waals surface area contributed by atoms with Gasteiger partial charge in [-0.15, -0.1) is 0 Å². The predicted molar refractivity (Wildman–Crippen MR) is 86.4 cm³/mol. The maximum Gasteiger partial charge on any atom is 0.335 e. The van der Waals surface area contributed by atoms with Crippen LogP contribution in [0.4, 0.5) is 5.69 Å². The molecule has 2 aromatic carbocycles. The number of methoxy groups -OCH3 is 1. The lowest BCUT2D eigenvalue weighted by Gasteiger charge is -2.02. The summed E-state index contributed by atoms with van der Waals surface area (Å²) in [5, 5.41) is 19.8. The summed E-state index contributed by atoms with van der Waals surface area (Å²) in [6.45, 7) is 0. The number of allylic oxidation sites excluding steroid dienone is 1. The van der Waals surface area contributed by atoms with Gasteiger partial charge in [-0.3, -0.25) is 14.9 Å². The first-order valence-electron chi connectivity index (χ1n) is 6.80. The summed E-state index contributed by atoms with van der Waals surface area (Å²) in [5.74, 6) is -1.37. The molecule has 0 saturated heterocycles. The van der Waals surface area contributed by atoms with E-state index in [1.807, 2.05) is 0 Å². The van der Waals surface area contributed by atoms with Crippen molar-refractivity contribution in [2.75, 3.05) is 7.11 Å². The third-order valence-electron chi connectivity index (χ3n) is 3.24. The van der Waals surface area contributed by atoms with E-state index in [9.17, 15) is 19.7 Å². The molecule has 0 atom stereocenters. The Labute approximate surface area is 137 Å². The summed E-state index contributed by atoms with van der Waals surface area (Å²) in [7, 11) is 1.31. The number of nitrogens with zero attached hydrogens (tertiary/aromatic N) is 1. The van der Waals surface area contributed by atoms with E-state index in [-0.39, 0.29) is 22.6 Å². The van der Waals surface area contributed by atoms with Crippen molar-refractivity contribution in [2.45, 2.75) is 0 Å². The van der Waals surface area contributed by atoms with Crippen LogP contribution in [0.15, 0.2) is 48.5 Å². The van der Waals surface area contributed by atoms with Gasteiger partial charge >= 0.3 is 11.7 Å². The second-order valence-electron chi connectivity index (χ2n) is 4.77. The van der Waals surface area contributed by atoms with Crippen molar-refractivity contribution >= 4 is 23.5 Å². The maximum atomic E-state index is 12.1. The molecule has 7 heteroatoms. The van der Waals surface area contributed by atoms with Gasteiger partial charge in [0.2, 0.25) is 0 Å². The molecule has 0 aliphatic heterocycles. The first-order chi connectivity index (χ1) is 11.4. The zero-order valence-electron chi connectivity index (χ0n) is 12.6. The van der Waals surface area contributed by atoms with Crippen molar-refractivity contribution in [3.63, 3.8) is 0 Å². The Balaban J connectivity index is 2.21. The van der Waals surface area contributed by atoms with Crippen LogP contribution in [0.25, 0.3) is 6.08 Å². The monoisotopic (exact) mass is 327 g/mol. The number of carboxylic acids is 1. The largest absolute Gasteiger partial charge is 0.490 e. The molecule has 24 heavy (non-hydrogen) atoms. The number of carboxylic acid groups (broad SMARTS) is 1. The molecule has 0 heterocycles. The van der Waals surface area contributed by atoms with Gasteiger partial charge in [0, 0.05) is 11.6 Å². The lowest BCUT2D eigenvalue weighted by Crippen LogP contribution is -1.99. The van der Waals surface area contributed by atoms with Crippen LogP contribution in [0.5, 0.6) is 5.75 Å². The van der Waals surface area contributed by atoms with Gasteiger partial charge in [0.1, 0.15) is 0 Å². The second kappa shape index (κ2) is 7.19. The molecule has 0 aliphatic rings. The molecule has 1 N–H and O–H groups in total. The van der Waals surface area contributed by atoms with E-state index in [2.05, 4.69) is 0 Å². The van der Waals surface area contributed by atoms with Gasteiger partial charge in [0.15, 0.2) is 11.5 Å². The number of carbonyl (C=O) groups is 2. The zero-order valence-corrected chi connectivity index (χ0v) is 12.6. The minimum absolute atomic E-state index is 0.0739. The zero-order chi connectivity index (χ0) is 17.7. The lowest BCUT2D eigenvalue weighted by atomic mass is 10.1. The first-order valence-corrected chi connectivity index (χ1v) is 6.80. The van der Waals surface area contributed by atoms with Gasteiger partial charge in [-0.05, 0) is 35.9 Å². The molecule has 0 unspecified atom stereocenters. The molecule has 0 spiro atoms. The number of carbonyl (C=O) groups excluding carboxylic acids is 1. The molecule has 0 radical (unpaired) electrons. The average molecular weight is 327 g/mol. The Morgan fingerprint density at radius 2 is 1.75 bits per heavy atom. The highest BCUT2D eigenvalue weighted by molar-refractivity contribution is 6.07. The van der Waals surface area contributed by atoms with Crippen LogP contribution in [0.3, 0.4) is 0 Å². The van der Waals surface area contributed by atoms with E-state index in [0.29, 0.717) is 5.56 Å². The molecular weight excluding hydrogens is 314 g/mol. The van der Waals surface area contributed by atoms with Crippen molar-refractivity contribution in [1.82, 2.24) is 0 Å². The van der Waals surface area contributed by atoms with Crippen LogP contribution in [0.2, 0.25) is 0 Å². The van der Waals surface area contributed by atoms with Crippen molar-refractivity contribution in [1.29, 1.82) is 0 Å². The Kier molecular flexibility index (Phi) is 5.06. The first kappa shape index (κ1) is 16.9. The number of hydrogen-bond acceptors (Lipinski definition) is 5. The Hall–Kier alpha value is -3.48. The standard InChI is InChI=1S/C17H13NO6/c1-24-16-9-7-13(10-14(16)18(22)23)15(19)8-4-11-2-5-12(6-3-11)17(20)21/h2-10H,1H3,(H,20,21)/b8-4+. The van der Waals surface area contributed by atoms with Gasteiger partial charge in [-0.2, -0.15) is 0 Å². The number of nitro groups is 1. The van der Waals surface area contributed by atoms with E-state index in [1.165, 1.54) is 43.5 Å². The number of benzene rings is 2.